The molecule has 0 spiro atoms. The molecule has 0 aliphatic rings. The van der Waals surface area contributed by atoms with Crippen LogP contribution in [0.2, 0.25) is 0 Å². The summed E-state index contributed by atoms with van der Waals surface area (Å²) in [5.74, 6) is -3.46. The lowest BCUT2D eigenvalue weighted by atomic mass is 9.98. The van der Waals surface area contributed by atoms with Crippen molar-refractivity contribution in [3.63, 3.8) is 0 Å². The zero-order chi connectivity index (χ0) is 26.4. The summed E-state index contributed by atoms with van der Waals surface area (Å²) in [6.45, 7) is 3.36. The van der Waals surface area contributed by atoms with Gasteiger partial charge in [-0.2, -0.15) is 0 Å². The summed E-state index contributed by atoms with van der Waals surface area (Å²) in [5.41, 5.74) is 11.9. The molecule has 5 atom stereocenters. The number of aliphatic hydroxyl groups excluding tert-OH is 1. The van der Waals surface area contributed by atoms with E-state index in [9.17, 15) is 24.3 Å². The van der Waals surface area contributed by atoms with Crippen molar-refractivity contribution in [2.24, 2.45) is 17.4 Å². The molecule has 0 aromatic heterocycles. The molecule has 0 aliphatic heterocycles. The normalized spacial score (nSPS) is 15.2. The largest absolute Gasteiger partial charge is 0.480 e. The van der Waals surface area contributed by atoms with Crippen LogP contribution in [0.3, 0.4) is 0 Å². The number of rotatable bonds is 16. The number of nitrogens with two attached hydrogens (primary N) is 2. The Hall–Kier alpha value is -3.02. The maximum absolute atomic E-state index is 13.1. The molecule has 0 radical (unpaired) electrons. The van der Waals surface area contributed by atoms with E-state index < -0.39 is 54.5 Å². The first-order valence-corrected chi connectivity index (χ1v) is 11.9. The lowest BCUT2D eigenvalue weighted by molar-refractivity contribution is -0.143. The van der Waals surface area contributed by atoms with E-state index in [1.54, 1.807) is 31.2 Å². The summed E-state index contributed by atoms with van der Waals surface area (Å²) >= 11 is 0. The molecule has 11 heteroatoms. The van der Waals surface area contributed by atoms with Crippen LogP contribution in [0.25, 0.3) is 0 Å². The number of benzene rings is 1. The molecule has 1 aromatic carbocycles. The van der Waals surface area contributed by atoms with E-state index in [0.29, 0.717) is 25.8 Å². The van der Waals surface area contributed by atoms with E-state index in [4.69, 9.17) is 16.6 Å². The van der Waals surface area contributed by atoms with Gasteiger partial charge in [0, 0.05) is 6.42 Å². The van der Waals surface area contributed by atoms with Crippen molar-refractivity contribution in [3.05, 3.63) is 35.9 Å². The molecule has 5 unspecified atom stereocenters. The van der Waals surface area contributed by atoms with E-state index in [0.717, 1.165) is 5.56 Å². The number of nitrogens with one attached hydrogen (secondary N) is 3. The average Bonchev–Trinajstić information content (AvgIpc) is 2.85. The molecule has 1 aromatic rings. The fourth-order valence-electron chi connectivity index (χ4n) is 3.39. The van der Waals surface area contributed by atoms with Gasteiger partial charge in [-0.25, -0.2) is 4.79 Å². The summed E-state index contributed by atoms with van der Waals surface area (Å²) in [4.78, 5) is 50.2. The Balaban J connectivity index is 3.12. The molecule has 0 heterocycles. The van der Waals surface area contributed by atoms with E-state index in [2.05, 4.69) is 16.0 Å². The van der Waals surface area contributed by atoms with Crippen molar-refractivity contribution in [1.82, 2.24) is 16.0 Å². The van der Waals surface area contributed by atoms with E-state index in [1.165, 1.54) is 0 Å². The number of carboxylic acid groups (broad SMARTS) is 1. The summed E-state index contributed by atoms with van der Waals surface area (Å²) in [7, 11) is 0. The molecule has 196 valence electrons. The van der Waals surface area contributed by atoms with E-state index >= 15 is 0 Å². The highest BCUT2D eigenvalue weighted by atomic mass is 16.4. The highest BCUT2D eigenvalue weighted by Crippen LogP contribution is 2.11. The third-order valence-corrected chi connectivity index (χ3v) is 5.81. The highest BCUT2D eigenvalue weighted by molar-refractivity contribution is 5.94. The Kier molecular flexibility index (Phi) is 13.5. The van der Waals surface area contributed by atoms with Gasteiger partial charge in [-0.15, -0.1) is 0 Å². The van der Waals surface area contributed by atoms with Crippen LogP contribution in [-0.2, 0) is 25.6 Å². The number of aliphatic carboxylic acids is 1. The maximum atomic E-state index is 13.1. The Bertz CT molecular complexity index is 822. The van der Waals surface area contributed by atoms with Gasteiger partial charge in [0.05, 0.1) is 6.61 Å². The van der Waals surface area contributed by atoms with Gasteiger partial charge in [-0.05, 0) is 37.3 Å². The Labute approximate surface area is 206 Å². The number of carbonyl (C=O) groups is 4. The predicted molar refractivity (Wildman–Crippen MR) is 131 cm³/mol. The Morgan fingerprint density at radius 3 is 2.09 bits per heavy atom. The number of carbonyl (C=O) groups excluding carboxylic acids is 3. The molecule has 35 heavy (non-hydrogen) atoms. The Morgan fingerprint density at radius 2 is 1.54 bits per heavy atom. The SMILES string of the molecule is CCC(C)C(NC(=O)C(Cc1ccccc1)NC(=O)C(CCCCN)NC(=O)C(N)CO)C(=O)O. The minimum Gasteiger partial charge on any atom is -0.480 e. The number of aliphatic hydroxyl groups is 1. The first-order valence-electron chi connectivity index (χ1n) is 11.9. The molecule has 0 saturated carbocycles. The van der Waals surface area contributed by atoms with Gasteiger partial charge < -0.3 is 37.6 Å². The van der Waals surface area contributed by atoms with Crippen LogP contribution < -0.4 is 27.4 Å². The number of hydrogen-bond donors (Lipinski definition) is 7. The monoisotopic (exact) mass is 493 g/mol. The molecule has 0 bridgehead atoms. The van der Waals surface area contributed by atoms with Crippen molar-refractivity contribution >= 4 is 23.7 Å². The molecular weight excluding hydrogens is 454 g/mol. The van der Waals surface area contributed by atoms with Gasteiger partial charge in [0.25, 0.3) is 0 Å². The zero-order valence-corrected chi connectivity index (χ0v) is 20.4. The Morgan fingerprint density at radius 1 is 0.943 bits per heavy atom. The second kappa shape index (κ2) is 15.8. The summed E-state index contributed by atoms with van der Waals surface area (Å²) in [5, 5.41) is 26.4. The smallest absolute Gasteiger partial charge is 0.326 e. The van der Waals surface area contributed by atoms with Crippen LogP contribution >= 0.6 is 0 Å². The third-order valence-electron chi connectivity index (χ3n) is 5.81. The topological polar surface area (TPSA) is 197 Å². The minimum absolute atomic E-state index is 0.116. The first kappa shape index (κ1) is 30.0. The molecule has 0 fully saturated rings. The van der Waals surface area contributed by atoms with Gasteiger partial charge in [0.2, 0.25) is 17.7 Å². The molecular formula is C24H39N5O6. The van der Waals surface area contributed by atoms with Crippen LogP contribution in [0.4, 0.5) is 0 Å². The van der Waals surface area contributed by atoms with Gasteiger partial charge in [-0.1, -0.05) is 50.6 Å². The van der Waals surface area contributed by atoms with E-state index in [1.807, 2.05) is 13.0 Å². The van der Waals surface area contributed by atoms with Gasteiger partial charge in [0.15, 0.2) is 0 Å². The van der Waals surface area contributed by atoms with Crippen molar-refractivity contribution < 1.29 is 29.4 Å². The summed E-state index contributed by atoms with van der Waals surface area (Å²) < 4.78 is 0. The predicted octanol–water partition coefficient (Wildman–Crippen LogP) is -0.737. The van der Waals surface area contributed by atoms with Crippen molar-refractivity contribution in [2.75, 3.05) is 13.2 Å². The van der Waals surface area contributed by atoms with Crippen LogP contribution in [-0.4, -0.2) is 71.2 Å². The highest BCUT2D eigenvalue weighted by Gasteiger charge is 2.32. The molecule has 3 amide bonds. The molecule has 11 nitrogen and oxygen atoms in total. The minimum atomic E-state index is -1.20. The van der Waals surface area contributed by atoms with Crippen LogP contribution in [0.1, 0.15) is 45.1 Å². The fourth-order valence-corrected chi connectivity index (χ4v) is 3.39. The van der Waals surface area contributed by atoms with Gasteiger partial charge >= 0.3 is 5.97 Å². The maximum Gasteiger partial charge on any atom is 0.326 e. The number of carboxylic acids is 1. The van der Waals surface area contributed by atoms with Gasteiger partial charge in [-0.3, -0.25) is 14.4 Å². The molecule has 1 rings (SSSR count). The average molecular weight is 494 g/mol. The second-order valence-corrected chi connectivity index (χ2v) is 8.60. The molecule has 9 N–H and O–H groups in total. The van der Waals surface area contributed by atoms with Crippen molar-refractivity contribution in [2.45, 2.75) is 70.1 Å². The summed E-state index contributed by atoms with van der Waals surface area (Å²) in [6, 6.07) is 4.55. The van der Waals surface area contributed by atoms with Crippen molar-refractivity contribution in [1.29, 1.82) is 0 Å². The number of unbranched alkanes of at least 4 members (excludes halogenated alkanes) is 1. The number of hydrogen-bond acceptors (Lipinski definition) is 7. The second-order valence-electron chi connectivity index (χ2n) is 8.60. The van der Waals surface area contributed by atoms with E-state index in [-0.39, 0.29) is 18.8 Å². The number of amides is 3. The van der Waals surface area contributed by atoms with Crippen LogP contribution in [0.15, 0.2) is 30.3 Å². The van der Waals surface area contributed by atoms with Crippen molar-refractivity contribution in [3.8, 4) is 0 Å². The zero-order valence-electron chi connectivity index (χ0n) is 20.4. The van der Waals surface area contributed by atoms with Crippen LogP contribution in [0, 0.1) is 5.92 Å². The molecule has 0 saturated heterocycles. The standard InChI is InChI=1S/C24H39N5O6/c1-3-15(2)20(24(34)35)29-23(33)19(13-16-9-5-4-6-10-16)28-22(32)18(11-7-8-12-25)27-21(31)17(26)14-30/h4-6,9-10,15,17-20,30H,3,7-8,11-14,25-26H2,1-2H3,(H,27,31)(H,28,32)(H,29,33)(H,34,35). The third kappa shape index (κ3) is 10.4. The molecule has 0 aliphatic carbocycles. The van der Waals surface area contributed by atoms with Gasteiger partial charge in [0.1, 0.15) is 24.2 Å². The first-order chi connectivity index (χ1) is 16.6. The van der Waals surface area contributed by atoms with Crippen LogP contribution in [0.5, 0.6) is 0 Å². The lowest BCUT2D eigenvalue weighted by Gasteiger charge is -2.26. The summed E-state index contributed by atoms with van der Waals surface area (Å²) in [6.07, 6.45) is 2.05. The lowest BCUT2D eigenvalue weighted by Crippen LogP contribution is -2.58. The quantitative estimate of drug-likeness (QED) is 0.146. The fraction of sp³-hybridized carbons (Fsp3) is 0.583.